The molecule has 2 N–H and O–H groups in total. The molecule has 1 saturated heterocycles. The second kappa shape index (κ2) is 6.02. The summed E-state index contributed by atoms with van der Waals surface area (Å²) in [5.41, 5.74) is 0. The molecule has 18 heavy (non-hydrogen) atoms. The molecule has 0 bridgehead atoms. The van der Waals surface area contributed by atoms with E-state index in [4.69, 9.17) is 0 Å². The number of carbonyl (C=O) groups is 1. The third-order valence-electron chi connectivity index (χ3n) is 4.02. The maximum Gasteiger partial charge on any atom is 0.222 e. The van der Waals surface area contributed by atoms with E-state index in [-0.39, 0.29) is 11.8 Å². The minimum absolute atomic E-state index is 0.0851. The first kappa shape index (κ1) is 13.8. The van der Waals surface area contributed by atoms with Gasteiger partial charge in [0.05, 0.1) is 0 Å². The number of amides is 1. The molecule has 0 spiro atoms. The van der Waals surface area contributed by atoms with Gasteiger partial charge in [0.1, 0.15) is 0 Å². The summed E-state index contributed by atoms with van der Waals surface area (Å²) in [6, 6.07) is 2.20. The smallest absolute Gasteiger partial charge is 0.222 e. The molecule has 4 heteroatoms. The summed E-state index contributed by atoms with van der Waals surface area (Å²) in [4.78, 5) is 14.0. The van der Waals surface area contributed by atoms with Crippen molar-refractivity contribution in [3.8, 4) is 0 Å². The number of likely N-dealkylation sites (tertiary alicyclic amines) is 1. The van der Waals surface area contributed by atoms with Gasteiger partial charge in [-0.25, -0.2) is 0 Å². The fourth-order valence-electron chi connectivity index (χ4n) is 2.79. The molecule has 2 unspecified atom stereocenters. The summed E-state index contributed by atoms with van der Waals surface area (Å²) in [6.45, 7) is 8.99. The molecule has 2 rings (SSSR count). The van der Waals surface area contributed by atoms with E-state index in [1.807, 2.05) is 13.8 Å². The lowest BCUT2D eigenvalue weighted by molar-refractivity contribution is -0.123. The molecule has 0 aromatic carbocycles. The third kappa shape index (κ3) is 3.69. The van der Waals surface area contributed by atoms with Gasteiger partial charge in [0, 0.05) is 43.7 Å². The van der Waals surface area contributed by atoms with Crippen molar-refractivity contribution in [2.75, 3.05) is 19.6 Å². The van der Waals surface area contributed by atoms with E-state index in [0.29, 0.717) is 6.04 Å². The molecule has 1 saturated carbocycles. The maximum absolute atomic E-state index is 11.4. The number of nitrogens with one attached hydrogen (secondary N) is 2. The fourth-order valence-corrected chi connectivity index (χ4v) is 2.79. The normalized spacial score (nSPS) is 28.9. The number of carbonyl (C=O) groups excluding carboxylic acids is 1. The maximum atomic E-state index is 11.4. The van der Waals surface area contributed by atoms with Crippen LogP contribution in [-0.2, 0) is 4.79 Å². The lowest BCUT2D eigenvalue weighted by Gasteiger charge is -2.19. The summed E-state index contributed by atoms with van der Waals surface area (Å²) in [5.74, 6) is 0.234. The van der Waals surface area contributed by atoms with Crippen molar-refractivity contribution < 1.29 is 4.79 Å². The van der Waals surface area contributed by atoms with Crippen LogP contribution in [0.5, 0.6) is 0 Å². The standard InChI is InChI=1S/C14H27N3O/c1-10(2)14(18)16-7-6-15-12-8-11(3)17(9-12)13-4-5-13/h10-13,15H,4-9H2,1-3H3,(H,16,18). The Morgan fingerprint density at radius 2 is 2.06 bits per heavy atom. The SMILES string of the molecule is CC(C)C(=O)NCCNC1CC(C)N(C2CC2)C1. The van der Waals surface area contributed by atoms with E-state index in [2.05, 4.69) is 22.5 Å². The molecule has 1 heterocycles. The van der Waals surface area contributed by atoms with Gasteiger partial charge in [-0.05, 0) is 26.2 Å². The second-order valence-electron chi connectivity index (χ2n) is 6.11. The molecule has 0 aromatic rings. The van der Waals surface area contributed by atoms with Gasteiger partial charge in [0.2, 0.25) is 5.91 Å². The van der Waals surface area contributed by atoms with Crippen LogP contribution in [0.15, 0.2) is 0 Å². The summed E-state index contributed by atoms with van der Waals surface area (Å²) in [5, 5.41) is 6.51. The van der Waals surface area contributed by atoms with Crippen molar-refractivity contribution in [3.63, 3.8) is 0 Å². The molecule has 2 fully saturated rings. The first-order valence-corrected chi connectivity index (χ1v) is 7.34. The average molecular weight is 253 g/mol. The van der Waals surface area contributed by atoms with Gasteiger partial charge in [-0.1, -0.05) is 13.8 Å². The Morgan fingerprint density at radius 1 is 1.33 bits per heavy atom. The molecular weight excluding hydrogens is 226 g/mol. The highest BCUT2D eigenvalue weighted by Gasteiger charge is 2.38. The summed E-state index contributed by atoms with van der Waals surface area (Å²) < 4.78 is 0. The zero-order chi connectivity index (χ0) is 13.1. The monoisotopic (exact) mass is 253 g/mol. The molecule has 2 atom stereocenters. The van der Waals surface area contributed by atoms with Crippen molar-refractivity contribution in [1.82, 2.24) is 15.5 Å². The Bertz CT molecular complexity index is 289. The molecule has 2 aliphatic rings. The Kier molecular flexibility index (Phi) is 4.62. The quantitative estimate of drug-likeness (QED) is 0.693. The molecule has 1 amide bonds. The number of hydrogen-bond donors (Lipinski definition) is 2. The van der Waals surface area contributed by atoms with E-state index in [1.54, 1.807) is 0 Å². The summed E-state index contributed by atoms with van der Waals surface area (Å²) in [6.07, 6.45) is 4.03. The zero-order valence-electron chi connectivity index (χ0n) is 11.9. The van der Waals surface area contributed by atoms with Crippen LogP contribution < -0.4 is 10.6 Å². The molecule has 4 nitrogen and oxygen atoms in total. The van der Waals surface area contributed by atoms with Gasteiger partial charge in [0.25, 0.3) is 0 Å². The van der Waals surface area contributed by atoms with E-state index in [9.17, 15) is 4.79 Å². The van der Waals surface area contributed by atoms with Gasteiger partial charge >= 0.3 is 0 Å². The molecule has 0 radical (unpaired) electrons. The largest absolute Gasteiger partial charge is 0.355 e. The fraction of sp³-hybridized carbons (Fsp3) is 0.929. The van der Waals surface area contributed by atoms with Gasteiger partial charge in [0.15, 0.2) is 0 Å². The van der Waals surface area contributed by atoms with Crippen LogP contribution in [0.25, 0.3) is 0 Å². The van der Waals surface area contributed by atoms with Crippen LogP contribution in [-0.4, -0.2) is 48.6 Å². The number of nitrogens with zero attached hydrogens (tertiary/aromatic N) is 1. The van der Waals surface area contributed by atoms with Crippen LogP contribution in [0, 0.1) is 5.92 Å². The topological polar surface area (TPSA) is 44.4 Å². The minimum Gasteiger partial charge on any atom is -0.355 e. The van der Waals surface area contributed by atoms with E-state index in [0.717, 1.165) is 25.2 Å². The first-order chi connectivity index (χ1) is 8.58. The van der Waals surface area contributed by atoms with Crippen molar-refractivity contribution in [2.24, 2.45) is 5.92 Å². The van der Waals surface area contributed by atoms with Crippen LogP contribution in [0.2, 0.25) is 0 Å². The number of hydrogen-bond acceptors (Lipinski definition) is 3. The van der Waals surface area contributed by atoms with E-state index < -0.39 is 0 Å². The molecule has 0 aromatic heterocycles. The highest BCUT2D eigenvalue weighted by Crippen LogP contribution is 2.33. The van der Waals surface area contributed by atoms with Crippen molar-refractivity contribution in [3.05, 3.63) is 0 Å². The van der Waals surface area contributed by atoms with Crippen LogP contribution in [0.3, 0.4) is 0 Å². The van der Waals surface area contributed by atoms with Crippen molar-refractivity contribution in [2.45, 2.75) is 58.2 Å². The summed E-state index contributed by atoms with van der Waals surface area (Å²) >= 11 is 0. The zero-order valence-corrected chi connectivity index (χ0v) is 11.9. The van der Waals surface area contributed by atoms with Crippen molar-refractivity contribution >= 4 is 5.91 Å². The highest BCUT2D eigenvalue weighted by molar-refractivity contribution is 5.77. The lowest BCUT2D eigenvalue weighted by atomic mass is 10.2. The Hall–Kier alpha value is -0.610. The Balaban J connectivity index is 1.59. The van der Waals surface area contributed by atoms with Crippen LogP contribution in [0.1, 0.15) is 40.0 Å². The van der Waals surface area contributed by atoms with Gasteiger partial charge in [-0.3, -0.25) is 9.69 Å². The average Bonchev–Trinajstić information content (AvgIpc) is 3.09. The molecule has 104 valence electrons. The third-order valence-corrected chi connectivity index (χ3v) is 4.02. The van der Waals surface area contributed by atoms with Gasteiger partial charge in [-0.2, -0.15) is 0 Å². The predicted octanol–water partition coefficient (Wildman–Crippen LogP) is 0.973. The Morgan fingerprint density at radius 3 is 2.67 bits per heavy atom. The lowest BCUT2D eigenvalue weighted by Crippen LogP contribution is -2.39. The molecule has 1 aliphatic carbocycles. The molecule has 1 aliphatic heterocycles. The second-order valence-corrected chi connectivity index (χ2v) is 6.11. The predicted molar refractivity (Wildman–Crippen MR) is 73.4 cm³/mol. The van der Waals surface area contributed by atoms with E-state index in [1.165, 1.54) is 25.8 Å². The molecular formula is C14H27N3O. The van der Waals surface area contributed by atoms with E-state index >= 15 is 0 Å². The van der Waals surface area contributed by atoms with Crippen LogP contribution >= 0.6 is 0 Å². The van der Waals surface area contributed by atoms with Crippen molar-refractivity contribution in [1.29, 1.82) is 0 Å². The number of rotatable bonds is 6. The van der Waals surface area contributed by atoms with Crippen LogP contribution in [0.4, 0.5) is 0 Å². The summed E-state index contributed by atoms with van der Waals surface area (Å²) in [7, 11) is 0. The van der Waals surface area contributed by atoms with Gasteiger partial charge < -0.3 is 10.6 Å². The van der Waals surface area contributed by atoms with Gasteiger partial charge in [-0.15, -0.1) is 0 Å². The first-order valence-electron chi connectivity index (χ1n) is 7.34. The Labute approximate surface area is 110 Å². The highest BCUT2D eigenvalue weighted by atomic mass is 16.1. The minimum atomic E-state index is 0.0851.